The molecule has 23 heavy (non-hydrogen) atoms. The van der Waals surface area contributed by atoms with Gasteiger partial charge in [-0.15, -0.1) is 0 Å². The van der Waals surface area contributed by atoms with E-state index in [4.69, 9.17) is 0 Å². The maximum atomic E-state index is 9.78. The number of aryl methyl sites for hydroxylation is 1. The van der Waals surface area contributed by atoms with E-state index >= 15 is 0 Å². The van der Waals surface area contributed by atoms with E-state index in [1.807, 2.05) is 0 Å². The Labute approximate surface area is 137 Å². The summed E-state index contributed by atoms with van der Waals surface area (Å²) in [6.45, 7) is 4.13. The van der Waals surface area contributed by atoms with Crippen molar-refractivity contribution in [1.29, 1.82) is 0 Å². The van der Waals surface area contributed by atoms with Crippen molar-refractivity contribution in [2.75, 3.05) is 0 Å². The van der Waals surface area contributed by atoms with Gasteiger partial charge >= 0.3 is 0 Å². The lowest BCUT2D eigenvalue weighted by molar-refractivity contribution is -0.374. The number of aromatic hydroxyl groups is 1. The zero-order chi connectivity index (χ0) is 17.7. The van der Waals surface area contributed by atoms with Gasteiger partial charge in [0.2, 0.25) is 11.8 Å². The number of unbranched alkanes of at least 4 members (excludes halogenated alkanes) is 3. The smallest absolute Gasteiger partial charge is 0.226 e. The summed E-state index contributed by atoms with van der Waals surface area (Å²) in [7, 11) is 0. The number of benzene rings is 1. The van der Waals surface area contributed by atoms with E-state index in [0.717, 1.165) is 56.4 Å². The summed E-state index contributed by atoms with van der Waals surface area (Å²) < 4.78 is 0. The second kappa shape index (κ2) is 8.08. The SMILES string of the molecule is CCCCCCc1ccc(O)cc1CN(C(C)(O)O)C(C)(O)O. The molecule has 0 fully saturated rings. The van der Waals surface area contributed by atoms with Crippen LogP contribution in [0.3, 0.4) is 0 Å². The van der Waals surface area contributed by atoms with Gasteiger partial charge in [-0.1, -0.05) is 32.3 Å². The third-order valence-electron chi connectivity index (χ3n) is 3.84. The van der Waals surface area contributed by atoms with E-state index in [2.05, 4.69) is 6.92 Å². The van der Waals surface area contributed by atoms with Crippen LogP contribution in [0, 0.1) is 0 Å². The summed E-state index contributed by atoms with van der Waals surface area (Å²) in [5, 5.41) is 48.8. The predicted octanol–water partition coefficient (Wildman–Crippen LogP) is 1.63. The van der Waals surface area contributed by atoms with Gasteiger partial charge in [-0.2, -0.15) is 4.90 Å². The Morgan fingerprint density at radius 1 is 0.913 bits per heavy atom. The van der Waals surface area contributed by atoms with Crippen molar-refractivity contribution < 1.29 is 25.5 Å². The first kappa shape index (κ1) is 19.9. The number of rotatable bonds is 9. The van der Waals surface area contributed by atoms with Crippen molar-refractivity contribution in [3.63, 3.8) is 0 Å². The van der Waals surface area contributed by atoms with Crippen LogP contribution in [-0.2, 0) is 13.0 Å². The quantitative estimate of drug-likeness (QED) is 0.349. The van der Waals surface area contributed by atoms with Crippen LogP contribution < -0.4 is 0 Å². The van der Waals surface area contributed by atoms with Crippen LogP contribution >= 0.6 is 0 Å². The molecular weight excluding hydrogens is 298 g/mol. The molecule has 0 unspecified atom stereocenters. The molecule has 0 bridgehead atoms. The second-order valence-electron chi connectivity index (χ2n) is 6.29. The van der Waals surface area contributed by atoms with Crippen LogP contribution in [0.1, 0.15) is 57.6 Å². The summed E-state index contributed by atoms with van der Waals surface area (Å²) in [6, 6.07) is 4.88. The van der Waals surface area contributed by atoms with Gasteiger partial charge in [0.25, 0.3) is 0 Å². The molecule has 0 aromatic heterocycles. The van der Waals surface area contributed by atoms with E-state index in [9.17, 15) is 25.5 Å². The van der Waals surface area contributed by atoms with Gasteiger partial charge in [0, 0.05) is 20.4 Å². The monoisotopic (exact) mass is 327 g/mol. The van der Waals surface area contributed by atoms with E-state index in [-0.39, 0.29) is 12.3 Å². The molecular formula is C17H29NO5. The molecule has 1 aromatic carbocycles. The number of hydrogen-bond donors (Lipinski definition) is 5. The van der Waals surface area contributed by atoms with Crippen molar-refractivity contribution in [3.8, 4) is 5.75 Å². The van der Waals surface area contributed by atoms with Gasteiger partial charge in [-0.25, -0.2) is 0 Å². The van der Waals surface area contributed by atoms with Gasteiger partial charge in [-0.3, -0.25) is 0 Å². The minimum absolute atomic E-state index is 0.0485. The Bertz CT molecular complexity index is 477. The largest absolute Gasteiger partial charge is 0.508 e. The maximum absolute atomic E-state index is 9.78. The van der Waals surface area contributed by atoms with Crippen molar-refractivity contribution in [2.45, 2.75) is 71.2 Å². The minimum Gasteiger partial charge on any atom is -0.508 e. The van der Waals surface area contributed by atoms with E-state index in [1.165, 1.54) is 6.07 Å². The molecule has 0 aliphatic heterocycles. The molecule has 6 heteroatoms. The van der Waals surface area contributed by atoms with Crippen molar-refractivity contribution >= 4 is 0 Å². The lowest BCUT2D eigenvalue weighted by Crippen LogP contribution is -2.58. The first-order valence-electron chi connectivity index (χ1n) is 8.03. The highest BCUT2D eigenvalue weighted by Crippen LogP contribution is 2.26. The Hall–Kier alpha value is -1.18. The van der Waals surface area contributed by atoms with Gasteiger partial charge in [0.1, 0.15) is 5.75 Å². The van der Waals surface area contributed by atoms with Gasteiger partial charge in [0.15, 0.2) is 0 Å². The number of aliphatic hydroxyl groups is 4. The predicted molar refractivity (Wildman–Crippen MR) is 87.2 cm³/mol. The topological polar surface area (TPSA) is 104 Å². The Morgan fingerprint density at radius 2 is 1.52 bits per heavy atom. The molecule has 0 saturated heterocycles. The number of phenolic OH excluding ortho intramolecular Hbond substituents is 1. The molecule has 0 spiro atoms. The molecule has 132 valence electrons. The zero-order valence-corrected chi connectivity index (χ0v) is 14.2. The summed E-state index contributed by atoms with van der Waals surface area (Å²) >= 11 is 0. The fourth-order valence-corrected chi connectivity index (χ4v) is 2.62. The van der Waals surface area contributed by atoms with E-state index < -0.39 is 11.8 Å². The molecule has 0 amide bonds. The van der Waals surface area contributed by atoms with Gasteiger partial charge in [0.05, 0.1) is 0 Å². The molecule has 0 radical (unpaired) electrons. The molecule has 6 nitrogen and oxygen atoms in total. The molecule has 0 atom stereocenters. The molecule has 5 N–H and O–H groups in total. The first-order valence-corrected chi connectivity index (χ1v) is 8.03. The Balaban J connectivity index is 2.98. The lowest BCUT2D eigenvalue weighted by Gasteiger charge is -2.39. The standard InChI is InChI=1S/C17H29NO5/c1-4-5-6-7-8-13-9-10-15(19)11-14(13)12-18(16(2,20)21)17(3,22)23/h9-11,19-23H,4-8,12H2,1-3H3. The number of phenols is 1. The summed E-state index contributed by atoms with van der Waals surface area (Å²) in [5.74, 6) is -4.78. The zero-order valence-electron chi connectivity index (χ0n) is 14.2. The summed E-state index contributed by atoms with van der Waals surface area (Å²) in [4.78, 5) is 0.740. The molecule has 0 aliphatic rings. The lowest BCUT2D eigenvalue weighted by atomic mass is 9.99. The highest BCUT2D eigenvalue weighted by Gasteiger charge is 2.39. The van der Waals surface area contributed by atoms with Crippen LogP contribution in [-0.4, -0.2) is 42.3 Å². The number of hydrogen-bond acceptors (Lipinski definition) is 6. The summed E-state index contributed by atoms with van der Waals surface area (Å²) in [5.41, 5.74) is 1.57. The molecule has 1 aromatic rings. The van der Waals surface area contributed by atoms with Crippen LogP contribution in [0.25, 0.3) is 0 Å². The third-order valence-corrected chi connectivity index (χ3v) is 3.84. The molecule has 0 saturated carbocycles. The molecule has 1 rings (SSSR count). The Morgan fingerprint density at radius 3 is 2.04 bits per heavy atom. The van der Waals surface area contributed by atoms with E-state index in [1.54, 1.807) is 12.1 Å². The van der Waals surface area contributed by atoms with Crippen LogP contribution in [0.4, 0.5) is 0 Å². The average Bonchev–Trinajstić information content (AvgIpc) is 2.40. The van der Waals surface area contributed by atoms with Gasteiger partial charge in [-0.05, 0) is 36.1 Å². The van der Waals surface area contributed by atoms with Crippen molar-refractivity contribution in [1.82, 2.24) is 4.90 Å². The minimum atomic E-state index is -2.41. The number of nitrogens with zero attached hydrogens (tertiary/aromatic N) is 1. The summed E-state index contributed by atoms with van der Waals surface area (Å²) in [6.07, 6.45) is 5.14. The normalized spacial score (nSPS) is 12.9. The second-order valence-corrected chi connectivity index (χ2v) is 6.29. The highest BCUT2D eigenvalue weighted by atomic mass is 16.6. The molecule has 0 heterocycles. The van der Waals surface area contributed by atoms with Crippen LogP contribution in [0.5, 0.6) is 5.75 Å². The first-order chi connectivity index (χ1) is 10.6. The van der Waals surface area contributed by atoms with Crippen LogP contribution in [0.15, 0.2) is 18.2 Å². The maximum Gasteiger partial charge on any atom is 0.226 e. The fraction of sp³-hybridized carbons (Fsp3) is 0.647. The van der Waals surface area contributed by atoms with Gasteiger partial charge < -0.3 is 25.5 Å². The fourth-order valence-electron chi connectivity index (χ4n) is 2.62. The average molecular weight is 327 g/mol. The van der Waals surface area contributed by atoms with Crippen molar-refractivity contribution in [3.05, 3.63) is 29.3 Å². The Kier molecular flexibility index (Phi) is 6.98. The molecule has 0 aliphatic carbocycles. The van der Waals surface area contributed by atoms with E-state index in [0.29, 0.717) is 5.56 Å². The van der Waals surface area contributed by atoms with Crippen molar-refractivity contribution in [2.24, 2.45) is 0 Å². The third kappa shape index (κ3) is 6.45. The van der Waals surface area contributed by atoms with Crippen LogP contribution in [0.2, 0.25) is 0 Å². The highest BCUT2D eigenvalue weighted by molar-refractivity contribution is 5.35.